The molecule has 0 radical (unpaired) electrons. The summed E-state index contributed by atoms with van der Waals surface area (Å²) < 4.78 is 5.45. The minimum atomic E-state index is -0.0433. The molecule has 118 valence electrons. The van der Waals surface area contributed by atoms with E-state index in [0.717, 1.165) is 13.0 Å². The number of carbonyl (C=O) groups is 1. The van der Waals surface area contributed by atoms with Gasteiger partial charge in [-0.3, -0.25) is 4.79 Å². The number of ether oxygens (including phenoxy) is 1. The summed E-state index contributed by atoms with van der Waals surface area (Å²) in [6, 6.07) is 4.88. The van der Waals surface area contributed by atoms with E-state index in [1.165, 1.54) is 0 Å². The van der Waals surface area contributed by atoms with Crippen molar-refractivity contribution in [3.05, 3.63) is 28.2 Å². The summed E-state index contributed by atoms with van der Waals surface area (Å²) in [7, 11) is 0. The lowest BCUT2D eigenvalue weighted by Crippen LogP contribution is -2.36. The predicted octanol–water partition coefficient (Wildman–Crippen LogP) is 2.99. The molecule has 1 aliphatic rings. The van der Waals surface area contributed by atoms with Crippen molar-refractivity contribution < 1.29 is 9.53 Å². The van der Waals surface area contributed by atoms with Crippen LogP contribution in [-0.4, -0.2) is 37.0 Å². The molecule has 0 bridgehead atoms. The second kappa shape index (κ2) is 7.54. The highest BCUT2D eigenvalue weighted by Gasteiger charge is 2.34. The number of benzene rings is 1. The average molecular weight is 354 g/mol. The van der Waals surface area contributed by atoms with Gasteiger partial charge >= 0.3 is 0 Å². The van der Waals surface area contributed by atoms with Gasteiger partial charge in [-0.25, -0.2) is 0 Å². The van der Waals surface area contributed by atoms with E-state index in [1.807, 2.05) is 0 Å². The van der Waals surface area contributed by atoms with Gasteiger partial charge < -0.3 is 15.4 Å². The molecule has 0 aromatic heterocycles. The van der Waals surface area contributed by atoms with Gasteiger partial charge in [0.1, 0.15) is 5.75 Å². The van der Waals surface area contributed by atoms with Crippen LogP contribution >= 0.6 is 35.6 Å². The van der Waals surface area contributed by atoms with Crippen molar-refractivity contribution in [2.45, 2.75) is 13.3 Å². The van der Waals surface area contributed by atoms with Gasteiger partial charge in [-0.1, -0.05) is 30.1 Å². The number of likely N-dealkylation sites (tertiary alicyclic amines) is 1. The van der Waals surface area contributed by atoms with Gasteiger partial charge in [-0.05, 0) is 36.6 Å². The summed E-state index contributed by atoms with van der Waals surface area (Å²) >= 11 is 11.8. The van der Waals surface area contributed by atoms with Crippen LogP contribution in [0.2, 0.25) is 10.0 Å². The molecule has 1 amide bonds. The van der Waals surface area contributed by atoms with E-state index in [4.69, 9.17) is 33.7 Å². The van der Waals surface area contributed by atoms with Crippen molar-refractivity contribution in [2.75, 3.05) is 26.2 Å². The normalized spacial score (nSPS) is 21.0. The van der Waals surface area contributed by atoms with Gasteiger partial charge in [0.2, 0.25) is 0 Å². The Balaban J connectivity index is 0.00000220. The van der Waals surface area contributed by atoms with Crippen molar-refractivity contribution >= 4 is 41.5 Å². The number of amides is 1. The molecule has 1 unspecified atom stereocenters. The lowest BCUT2D eigenvalue weighted by Gasteiger charge is -2.22. The van der Waals surface area contributed by atoms with E-state index in [1.54, 1.807) is 23.1 Å². The van der Waals surface area contributed by atoms with Gasteiger partial charge in [0.15, 0.2) is 6.61 Å². The van der Waals surface area contributed by atoms with E-state index < -0.39 is 0 Å². The summed E-state index contributed by atoms with van der Waals surface area (Å²) in [4.78, 5) is 13.9. The third kappa shape index (κ3) is 4.92. The lowest BCUT2D eigenvalue weighted by atomic mass is 9.90. The smallest absolute Gasteiger partial charge is 0.260 e. The minimum absolute atomic E-state index is 0. The molecule has 1 fully saturated rings. The number of hydrogen-bond donors (Lipinski definition) is 1. The standard InChI is InChI=1S/C14H18Cl2N2O2.ClH/c1-14(8-17)2-3-18(9-14)13(19)7-20-12-5-10(15)4-11(16)6-12;/h4-6H,2-3,7-9,17H2,1H3;1H. The predicted molar refractivity (Wildman–Crippen MR) is 87.6 cm³/mol. The third-order valence-corrected chi connectivity index (χ3v) is 4.04. The molecule has 0 aliphatic carbocycles. The van der Waals surface area contributed by atoms with Crippen LogP contribution in [0.1, 0.15) is 13.3 Å². The molecule has 1 heterocycles. The quantitative estimate of drug-likeness (QED) is 0.905. The van der Waals surface area contributed by atoms with Gasteiger partial charge in [0, 0.05) is 23.1 Å². The molecule has 1 atom stereocenters. The molecular formula is C14H19Cl3N2O2. The fourth-order valence-electron chi connectivity index (χ4n) is 2.25. The molecule has 0 spiro atoms. The Hall–Kier alpha value is -0.680. The Morgan fingerprint density at radius 2 is 2.00 bits per heavy atom. The second-order valence-electron chi connectivity index (χ2n) is 5.47. The first kappa shape index (κ1) is 18.4. The SMILES string of the molecule is CC1(CN)CCN(C(=O)COc2cc(Cl)cc(Cl)c2)C1.Cl. The Bertz CT molecular complexity index is 493. The first-order valence-electron chi connectivity index (χ1n) is 6.49. The van der Waals surface area contributed by atoms with E-state index >= 15 is 0 Å². The molecule has 4 nitrogen and oxygen atoms in total. The van der Waals surface area contributed by atoms with Crippen LogP contribution in [0.4, 0.5) is 0 Å². The van der Waals surface area contributed by atoms with E-state index in [9.17, 15) is 4.79 Å². The molecule has 1 aliphatic heterocycles. The van der Waals surface area contributed by atoms with Crippen molar-refractivity contribution in [3.63, 3.8) is 0 Å². The summed E-state index contributed by atoms with van der Waals surface area (Å²) in [6.45, 7) is 4.07. The molecule has 1 aromatic rings. The molecular weight excluding hydrogens is 335 g/mol. The molecule has 7 heteroatoms. The lowest BCUT2D eigenvalue weighted by molar-refractivity contribution is -0.132. The van der Waals surface area contributed by atoms with Crippen LogP contribution in [-0.2, 0) is 4.79 Å². The summed E-state index contributed by atoms with van der Waals surface area (Å²) in [5.74, 6) is 0.454. The molecule has 21 heavy (non-hydrogen) atoms. The first-order chi connectivity index (χ1) is 9.42. The van der Waals surface area contributed by atoms with Crippen LogP contribution < -0.4 is 10.5 Å². The fourth-order valence-corrected chi connectivity index (χ4v) is 2.76. The highest BCUT2D eigenvalue weighted by molar-refractivity contribution is 6.34. The van der Waals surface area contributed by atoms with Crippen molar-refractivity contribution in [1.82, 2.24) is 4.90 Å². The van der Waals surface area contributed by atoms with Crippen molar-refractivity contribution in [3.8, 4) is 5.75 Å². The number of rotatable bonds is 4. The van der Waals surface area contributed by atoms with Crippen LogP contribution in [0, 0.1) is 5.41 Å². The van der Waals surface area contributed by atoms with Gasteiger partial charge in [0.05, 0.1) is 0 Å². The number of nitrogens with two attached hydrogens (primary N) is 1. The molecule has 2 rings (SSSR count). The Kier molecular flexibility index (Phi) is 6.60. The zero-order valence-electron chi connectivity index (χ0n) is 11.8. The molecule has 1 saturated heterocycles. The number of halogens is 3. The largest absolute Gasteiger partial charge is 0.484 e. The van der Waals surface area contributed by atoms with Crippen molar-refractivity contribution in [1.29, 1.82) is 0 Å². The van der Waals surface area contributed by atoms with Gasteiger partial charge in [-0.2, -0.15) is 0 Å². The highest BCUT2D eigenvalue weighted by Crippen LogP contribution is 2.29. The first-order valence-corrected chi connectivity index (χ1v) is 7.24. The minimum Gasteiger partial charge on any atom is -0.484 e. The van der Waals surface area contributed by atoms with E-state index in [-0.39, 0.29) is 30.3 Å². The number of hydrogen-bond acceptors (Lipinski definition) is 3. The Morgan fingerprint density at radius 3 is 2.52 bits per heavy atom. The monoisotopic (exact) mass is 352 g/mol. The average Bonchev–Trinajstić information content (AvgIpc) is 2.78. The summed E-state index contributed by atoms with van der Waals surface area (Å²) in [5.41, 5.74) is 5.75. The number of nitrogens with zero attached hydrogens (tertiary/aromatic N) is 1. The summed E-state index contributed by atoms with van der Waals surface area (Å²) in [5, 5.41) is 0.966. The van der Waals surface area contributed by atoms with E-state index in [0.29, 0.717) is 28.9 Å². The summed E-state index contributed by atoms with van der Waals surface area (Å²) in [6.07, 6.45) is 0.929. The van der Waals surface area contributed by atoms with Crippen LogP contribution in [0.5, 0.6) is 5.75 Å². The van der Waals surface area contributed by atoms with E-state index in [2.05, 4.69) is 6.92 Å². The fraction of sp³-hybridized carbons (Fsp3) is 0.500. The maximum atomic E-state index is 12.1. The maximum Gasteiger partial charge on any atom is 0.260 e. The third-order valence-electron chi connectivity index (χ3n) is 3.60. The van der Waals surface area contributed by atoms with Crippen LogP contribution in [0.15, 0.2) is 18.2 Å². The molecule has 0 saturated carbocycles. The topological polar surface area (TPSA) is 55.6 Å². The van der Waals surface area contributed by atoms with Crippen LogP contribution in [0.25, 0.3) is 0 Å². The van der Waals surface area contributed by atoms with Crippen LogP contribution in [0.3, 0.4) is 0 Å². The molecule has 2 N–H and O–H groups in total. The Labute approximate surface area is 140 Å². The molecule has 1 aromatic carbocycles. The van der Waals surface area contributed by atoms with Gasteiger partial charge in [-0.15, -0.1) is 12.4 Å². The van der Waals surface area contributed by atoms with Gasteiger partial charge in [0.25, 0.3) is 5.91 Å². The zero-order valence-corrected chi connectivity index (χ0v) is 14.1. The number of carbonyl (C=O) groups excluding carboxylic acids is 1. The zero-order chi connectivity index (χ0) is 14.8. The highest BCUT2D eigenvalue weighted by atomic mass is 35.5. The Morgan fingerprint density at radius 1 is 1.38 bits per heavy atom. The van der Waals surface area contributed by atoms with Crippen molar-refractivity contribution in [2.24, 2.45) is 11.1 Å². The second-order valence-corrected chi connectivity index (χ2v) is 6.35. The maximum absolute atomic E-state index is 12.1.